The number of hydrogen-bond donors (Lipinski definition) is 1. The minimum Gasteiger partial charge on any atom is -0.389 e. The van der Waals surface area contributed by atoms with Gasteiger partial charge in [-0.1, -0.05) is 60.5 Å². The second-order valence-corrected chi connectivity index (χ2v) is 12.7. The Hall–Kier alpha value is -0.300. The highest BCUT2D eigenvalue weighted by Gasteiger charge is 2.61. The van der Waals surface area contributed by atoms with Crippen LogP contribution in [0.4, 0.5) is 0 Å². The molecule has 9 atom stereocenters. The lowest BCUT2D eigenvalue weighted by Gasteiger charge is -2.61. The van der Waals surface area contributed by atoms with Gasteiger partial charge in [-0.25, -0.2) is 0 Å². The van der Waals surface area contributed by atoms with Gasteiger partial charge >= 0.3 is 0 Å². The Labute approximate surface area is 181 Å². The molecule has 0 amide bonds. The molecule has 1 heteroatoms. The monoisotopic (exact) mass is 400 g/mol. The third-order valence-corrected chi connectivity index (χ3v) is 10.9. The smallest absolute Gasteiger partial charge is 0.0750 e. The van der Waals surface area contributed by atoms with E-state index in [1.54, 1.807) is 0 Å². The minimum absolute atomic E-state index is 0.235. The third-order valence-electron chi connectivity index (χ3n) is 10.9. The largest absolute Gasteiger partial charge is 0.389 e. The summed E-state index contributed by atoms with van der Waals surface area (Å²) in [7, 11) is 0. The van der Waals surface area contributed by atoms with Gasteiger partial charge in [-0.3, -0.25) is 0 Å². The molecular weight excluding hydrogens is 352 g/mol. The zero-order valence-electron chi connectivity index (χ0n) is 20.1. The Balaban J connectivity index is 1.48. The van der Waals surface area contributed by atoms with Crippen LogP contribution in [0, 0.1) is 52.3 Å². The Kier molecular flexibility index (Phi) is 6.04. The molecule has 0 heterocycles. The number of aliphatic hydroxyl groups excluding tert-OH is 1. The van der Waals surface area contributed by atoms with Gasteiger partial charge in [0.1, 0.15) is 0 Å². The normalized spacial score (nSPS) is 48.2. The van der Waals surface area contributed by atoms with Crippen molar-refractivity contribution in [1.29, 1.82) is 0 Å². The molecule has 4 saturated carbocycles. The quantitative estimate of drug-likeness (QED) is 0.470. The topological polar surface area (TPSA) is 20.2 Å². The van der Waals surface area contributed by atoms with Crippen LogP contribution in [0.25, 0.3) is 0 Å². The lowest BCUT2D eigenvalue weighted by molar-refractivity contribution is -0.111. The Morgan fingerprint density at radius 2 is 1.59 bits per heavy atom. The van der Waals surface area contributed by atoms with Crippen molar-refractivity contribution in [2.75, 3.05) is 0 Å². The highest BCUT2D eigenvalue weighted by molar-refractivity contribution is 5.20. The summed E-state index contributed by atoms with van der Waals surface area (Å²) in [4.78, 5) is 0. The SMILES string of the molecule is C=C1[C@@H](O)CC[C@@]2(C)[C@H]1CC[C@@H]1[C@@H]2CC[C@]2(C)[C@@H]([C@@H](C)CCCC(C)C)CC[C@@H]12. The molecule has 4 fully saturated rings. The van der Waals surface area contributed by atoms with E-state index in [2.05, 4.69) is 41.2 Å². The predicted molar refractivity (Wildman–Crippen MR) is 124 cm³/mol. The van der Waals surface area contributed by atoms with E-state index in [4.69, 9.17) is 0 Å². The van der Waals surface area contributed by atoms with Crippen molar-refractivity contribution in [3.8, 4) is 0 Å². The molecule has 0 aromatic heterocycles. The average Bonchev–Trinajstić information content (AvgIpc) is 3.02. The van der Waals surface area contributed by atoms with Crippen molar-refractivity contribution < 1.29 is 5.11 Å². The second kappa shape index (κ2) is 7.99. The lowest BCUT2D eigenvalue weighted by Crippen LogP contribution is -2.54. The summed E-state index contributed by atoms with van der Waals surface area (Å²) in [6, 6.07) is 0. The molecule has 0 aromatic carbocycles. The summed E-state index contributed by atoms with van der Waals surface area (Å²) in [6.45, 7) is 17.0. The maximum Gasteiger partial charge on any atom is 0.0750 e. The van der Waals surface area contributed by atoms with E-state index < -0.39 is 0 Å². The van der Waals surface area contributed by atoms with Crippen LogP contribution in [-0.2, 0) is 0 Å². The molecule has 4 rings (SSSR count). The van der Waals surface area contributed by atoms with Gasteiger partial charge in [0.25, 0.3) is 0 Å². The molecule has 0 unspecified atom stereocenters. The highest BCUT2D eigenvalue weighted by atomic mass is 16.3. The summed E-state index contributed by atoms with van der Waals surface area (Å²) in [5, 5.41) is 10.4. The molecule has 4 aliphatic carbocycles. The number of aliphatic hydroxyl groups is 1. The Morgan fingerprint density at radius 3 is 2.31 bits per heavy atom. The molecule has 0 aliphatic heterocycles. The van der Waals surface area contributed by atoms with Crippen LogP contribution in [0.5, 0.6) is 0 Å². The van der Waals surface area contributed by atoms with E-state index in [1.165, 1.54) is 69.8 Å². The van der Waals surface area contributed by atoms with Crippen molar-refractivity contribution in [3.63, 3.8) is 0 Å². The van der Waals surface area contributed by atoms with E-state index in [1.807, 2.05) is 0 Å². The fraction of sp³-hybridized carbons (Fsp3) is 0.929. The first-order valence-corrected chi connectivity index (χ1v) is 13.0. The molecule has 0 aromatic rings. The predicted octanol–water partition coefficient (Wildman–Crippen LogP) is 7.63. The standard InChI is InChI=1S/C28H48O/c1-18(2)8-7-9-19(3)22-12-13-24-21-10-11-23-20(4)26(29)15-17-28(23,6)25(21)14-16-27(22,24)5/h18-19,21-26,29H,4,7-17H2,1-3,5-6H3/t19-,21-,22+,23-,24-,25-,26-,27+,28-/m0/s1. The van der Waals surface area contributed by atoms with Gasteiger partial charge < -0.3 is 5.11 Å². The van der Waals surface area contributed by atoms with Crippen molar-refractivity contribution in [2.45, 2.75) is 111 Å². The van der Waals surface area contributed by atoms with Crippen molar-refractivity contribution in [1.82, 2.24) is 0 Å². The van der Waals surface area contributed by atoms with E-state index in [0.717, 1.165) is 41.9 Å². The molecule has 0 spiro atoms. The second-order valence-electron chi connectivity index (χ2n) is 12.7. The molecule has 0 saturated heterocycles. The average molecular weight is 401 g/mol. The molecule has 1 N–H and O–H groups in total. The molecule has 166 valence electrons. The van der Waals surface area contributed by atoms with Gasteiger partial charge in [-0.2, -0.15) is 0 Å². The van der Waals surface area contributed by atoms with E-state index in [9.17, 15) is 5.11 Å². The zero-order chi connectivity index (χ0) is 21.0. The molecule has 0 bridgehead atoms. The van der Waals surface area contributed by atoms with Gasteiger partial charge in [0, 0.05) is 0 Å². The van der Waals surface area contributed by atoms with Crippen LogP contribution in [0.2, 0.25) is 0 Å². The molecule has 29 heavy (non-hydrogen) atoms. The zero-order valence-corrected chi connectivity index (χ0v) is 20.1. The molecule has 1 nitrogen and oxygen atoms in total. The first-order chi connectivity index (χ1) is 13.7. The maximum absolute atomic E-state index is 10.4. The van der Waals surface area contributed by atoms with Crippen LogP contribution in [0.15, 0.2) is 12.2 Å². The van der Waals surface area contributed by atoms with Gasteiger partial charge in [0.2, 0.25) is 0 Å². The first-order valence-electron chi connectivity index (χ1n) is 13.0. The van der Waals surface area contributed by atoms with Crippen LogP contribution >= 0.6 is 0 Å². The summed E-state index contributed by atoms with van der Waals surface area (Å²) < 4.78 is 0. The Bertz CT molecular complexity index is 607. The van der Waals surface area contributed by atoms with Crippen LogP contribution in [0.3, 0.4) is 0 Å². The number of rotatable bonds is 5. The van der Waals surface area contributed by atoms with Gasteiger partial charge in [-0.05, 0) is 109 Å². The molecule has 4 aliphatic rings. The van der Waals surface area contributed by atoms with Crippen LogP contribution < -0.4 is 0 Å². The van der Waals surface area contributed by atoms with E-state index in [-0.39, 0.29) is 6.10 Å². The number of fused-ring (bicyclic) bond motifs is 5. The minimum atomic E-state index is -0.235. The molecule has 0 radical (unpaired) electrons. The highest BCUT2D eigenvalue weighted by Crippen LogP contribution is 2.68. The summed E-state index contributed by atoms with van der Waals surface area (Å²) in [5.41, 5.74) is 2.17. The summed E-state index contributed by atoms with van der Waals surface area (Å²) >= 11 is 0. The van der Waals surface area contributed by atoms with Crippen molar-refractivity contribution >= 4 is 0 Å². The van der Waals surface area contributed by atoms with Gasteiger partial charge in [-0.15, -0.1) is 0 Å². The van der Waals surface area contributed by atoms with E-state index >= 15 is 0 Å². The first kappa shape index (κ1) is 21.9. The van der Waals surface area contributed by atoms with Gasteiger partial charge in [0.05, 0.1) is 6.10 Å². The van der Waals surface area contributed by atoms with Crippen LogP contribution in [0.1, 0.15) is 105 Å². The molecular formula is C28H48O. The maximum atomic E-state index is 10.4. The fourth-order valence-corrected chi connectivity index (χ4v) is 9.31. The van der Waals surface area contributed by atoms with Crippen molar-refractivity contribution in [3.05, 3.63) is 12.2 Å². The summed E-state index contributed by atoms with van der Waals surface area (Å²) in [5.74, 6) is 6.04. The number of hydrogen-bond acceptors (Lipinski definition) is 1. The third kappa shape index (κ3) is 3.56. The Morgan fingerprint density at radius 1 is 0.897 bits per heavy atom. The van der Waals surface area contributed by atoms with Gasteiger partial charge in [0.15, 0.2) is 0 Å². The van der Waals surface area contributed by atoms with E-state index in [0.29, 0.717) is 16.7 Å². The van der Waals surface area contributed by atoms with Crippen LogP contribution in [-0.4, -0.2) is 11.2 Å². The fourth-order valence-electron chi connectivity index (χ4n) is 9.31. The van der Waals surface area contributed by atoms with Crippen molar-refractivity contribution in [2.24, 2.45) is 52.3 Å². The lowest BCUT2D eigenvalue weighted by atomic mass is 9.44. The summed E-state index contributed by atoms with van der Waals surface area (Å²) in [6.07, 6.45) is 14.7.